The second-order valence-corrected chi connectivity index (χ2v) is 7.54. The third-order valence-corrected chi connectivity index (χ3v) is 6.08. The van der Waals surface area contributed by atoms with Crippen LogP contribution in [0, 0.1) is 18.3 Å². The highest BCUT2D eigenvalue weighted by molar-refractivity contribution is 6.11. The molecule has 27 heavy (non-hydrogen) atoms. The Morgan fingerprint density at radius 2 is 1.70 bits per heavy atom. The fraction of sp³-hybridized carbons (Fsp3) is 0.318. The first-order valence-electron chi connectivity index (χ1n) is 9.16. The molecular weight excluding hydrogens is 340 g/mol. The predicted molar refractivity (Wildman–Crippen MR) is 102 cm³/mol. The van der Waals surface area contributed by atoms with Crippen molar-refractivity contribution in [2.45, 2.75) is 32.1 Å². The first-order chi connectivity index (χ1) is 13.0. The number of ketones is 1. The molecule has 2 aromatic rings. The Labute approximate surface area is 158 Å². The van der Waals surface area contributed by atoms with E-state index >= 15 is 0 Å². The molecule has 2 N–H and O–H groups in total. The molecular formula is C22H22N2O3. The summed E-state index contributed by atoms with van der Waals surface area (Å²) >= 11 is 0. The Balaban J connectivity index is 1.96. The molecule has 1 spiro atoms. The number of nitrogens with two attached hydrogens (primary N) is 1. The maximum atomic E-state index is 13.1. The van der Waals surface area contributed by atoms with E-state index in [9.17, 15) is 9.59 Å². The lowest BCUT2D eigenvalue weighted by Gasteiger charge is -2.46. The number of oxime groups is 1. The number of Topliss-reactive ketones (excluding diaryl/α,β-unsaturated/α-hetero) is 1. The Morgan fingerprint density at radius 3 is 2.30 bits per heavy atom. The summed E-state index contributed by atoms with van der Waals surface area (Å²) < 4.78 is 0. The van der Waals surface area contributed by atoms with Crippen LogP contribution in [0.1, 0.15) is 41.9 Å². The van der Waals surface area contributed by atoms with Crippen LogP contribution < -0.4 is 5.73 Å². The Hall–Kier alpha value is -2.95. The van der Waals surface area contributed by atoms with Gasteiger partial charge >= 0.3 is 5.97 Å². The van der Waals surface area contributed by atoms with Crippen LogP contribution in [0.4, 0.5) is 0 Å². The van der Waals surface area contributed by atoms with Gasteiger partial charge in [0.15, 0.2) is 5.84 Å². The monoisotopic (exact) mass is 362 g/mol. The molecule has 0 amide bonds. The summed E-state index contributed by atoms with van der Waals surface area (Å²) in [5.41, 5.74) is 8.05. The van der Waals surface area contributed by atoms with Crippen molar-refractivity contribution in [2.24, 2.45) is 22.2 Å². The van der Waals surface area contributed by atoms with Gasteiger partial charge in [-0.25, -0.2) is 4.79 Å². The van der Waals surface area contributed by atoms with Crippen molar-refractivity contribution in [2.75, 3.05) is 0 Å². The van der Waals surface area contributed by atoms with Crippen LogP contribution in [0.5, 0.6) is 0 Å². The normalized spacial score (nSPS) is 30.3. The van der Waals surface area contributed by atoms with E-state index in [-0.39, 0.29) is 24.0 Å². The molecule has 1 aliphatic heterocycles. The van der Waals surface area contributed by atoms with E-state index < -0.39 is 23.2 Å². The summed E-state index contributed by atoms with van der Waals surface area (Å²) in [7, 11) is 0. The van der Waals surface area contributed by atoms with E-state index in [1.54, 1.807) is 0 Å². The second-order valence-electron chi connectivity index (χ2n) is 7.54. The zero-order valence-corrected chi connectivity index (χ0v) is 15.4. The van der Waals surface area contributed by atoms with Crippen LogP contribution in [-0.4, -0.2) is 17.6 Å². The number of amidine groups is 1. The molecule has 1 unspecified atom stereocenters. The number of hydrogen-bond acceptors (Lipinski definition) is 5. The summed E-state index contributed by atoms with van der Waals surface area (Å²) in [6.45, 7) is 3.87. The molecule has 0 saturated heterocycles. The lowest BCUT2D eigenvalue weighted by molar-refractivity contribution is -0.153. The summed E-state index contributed by atoms with van der Waals surface area (Å²) in [5, 5.41) is 3.86. The lowest BCUT2D eigenvalue weighted by atomic mass is 9.52. The van der Waals surface area contributed by atoms with E-state index in [0.717, 1.165) is 16.7 Å². The van der Waals surface area contributed by atoms with Gasteiger partial charge in [-0.1, -0.05) is 72.2 Å². The molecule has 4 rings (SSSR count). The molecule has 5 nitrogen and oxygen atoms in total. The van der Waals surface area contributed by atoms with Crippen molar-refractivity contribution in [1.82, 2.24) is 0 Å². The van der Waals surface area contributed by atoms with E-state index in [1.807, 2.05) is 68.4 Å². The van der Waals surface area contributed by atoms with Crippen molar-refractivity contribution in [1.29, 1.82) is 0 Å². The summed E-state index contributed by atoms with van der Waals surface area (Å²) in [5.74, 6) is -1.40. The number of aryl methyl sites for hydroxylation is 1. The number of carbonyl (C=O) groups excluding carboxylic acids is 2. The van der Waals surface area contributed by atoms with E-state index in [1.165, 1.54) is 0 Å². The molecule has 0 radical (unpaired) electrons. The quantitative estimate of drug-likeness (QED) is 0.831. The minimum absolute atomic E-state index is 0.118. The molecule has 2 aromatic carbocycles. The van der Waals surface area contributed by atoms with Crippen LogP contribution in [0.25, 0.3) is 0 Å². The SMILES string of the molecule is Cc1ccc([C@H]2CC(=O)[C@H](C)[C@@H](c3ccccc3)C23C(=O)ON=C3N)cc1. The summed E-state index contributed by atoms with van der Waals surface area (Å²) in [6.07, 6.45) is 0.235. The molecule has 1 aliphatic carbocycles. The van der Waals surface area contributed by atoms with Gasteiger partial charge in [0.25, 0.3) is 0 Å². The van der Waals surface area contributed by atoms with Crippen molar-refractivity contribution in [3.63, 3.8) is 0 Å². The molecule has 2 aliphatic rings. The average Bonchev–Trinajstić information content (AvgIpc) is 2.96. The van der Waals surface area contributed by atoms with Gasteiger partial charge < -0.3 is 10.6 Å². The topological polar surface area (TPSA) is 81.8 Å². The number of rotatable bonds is 2. The third-order valence-electron chi connectivity index (χ3n) is 6.08. The molecule has 0 bridgehead atoms. The van der Waals surface area contributed by atoms with Crippen LogP contribution in [0.15, 0.2) is 59.8 Å². The van der Waals surface area contributed by atoms with Gasteiger partial charge in [-0.3, -0.25) is 4.79 Å². The van der Waals surface area contributed by atoms with Gasteiger partial charge in [0.05, 0.1) is 0 Å². The van der Waals surface area contributed by atoms with Gasteiger partial charge in [0.1, 0.15) is 11.2 Å². The van der Waals surface area contributed by atoms with Crippen molar-refractivity contribution >= 4 is 17.6 Å². The van der Waals surface area contributed by atoms with E-state index in [0.29, 0.717) is 0 Å². The Morgan fingerprint density at radius 1 is 1.04 bits per heavy atom. The molecule has 1 saturated carbocycles. The number of carbonyl (C=O) groups is 2. The van der Waals surface area contributed by atoms with Gasteiger partial charge in [0.2, 0.25) is 0 Å². The third kappa shape index (κ3) is 2.49. The summed E-state index contributed by atoms with van der Waals surface area (Å²) in [4.78, 5) is 31.2. The van der Waals surface area contributed by atoms with E-state index in [2.05, 4.69) is 5.16 Å². The van der Waals surface area contributed by atoms with Crippen LogP contribution in [-0.2, 0) is 14.4 Å². The van der Waals surface area contributed by atoms with E-state index in [4.69, 9.17) is 10.6 Å². The molecule has 1 fully saturated rings. The summed E-state index contributed by atoms with van der Waals surface area (Å²) in [6, 6.07) is 17.5. The second kappa shape index (κ2) is 6.34. The molecule has 4 atom stereocenters. The van der Waals surface area contributed by atoms with Crippen molar-refractivity contribution in [3.05, 3.63) is 71.3 Å². The first kappa shape index (κ1) is 17.5. The fourth-order valence-corrected chi connectivity index (χ4v) is 4.69. The van der Waals surface area contributed by atoms with Crippen molar-refractivity contribution < 1.29 is 14.4 Å². The minimum atomic E-state index is -1.18. The molecule has 138 valence electrons. The fourth-order valence-electron chi connectivity index (χ4n) is 4.69. The van der Waals surface area contributed by atoms with Crippen LogP contribution >= 0.6 is 0 Å². The zero-order chi connectivity index (χ0) is 19.2. The highest BCUT2D eigenvalue weighted by atomic mass is 16.7. The standard InChI is InChI=1S/C22H22N2O3/c1-13-8-10-15(11-9-13)17-12-18(25)14(2)19(16-6-4-3-5-7-16)22(17)20(23)24-27-21(22)26/h3-11,14,17,19H,12H2,1-2H3,(H2,23,24)/t14-,17+,19-,22?/m0/s1. The molecule has 5 heteroatoms. The zero-order valence-electron chi connectivity index (χ0n) is 15.4. The predicted octanol–water partition coefficient (Wildman–Crippen LogP) is 3.29. The smallest absolute Gasteiger partial charge is 0.350 e. The number of hydrogen-bond donors (Lipinski definition) is 1. The van der Waals surface area contributed by atoms with Crippen LogP contribution in [0.2, 0.25) is 0 Å². The van der Waals surface area contributed by atoms with Gasteiger partial charge in [-0.2, -0.15) is 0 Å². The first-order valence-corrected chi connectivity index (χ1v) is 9.16. The Bertz CT molecular complexity index is 920. The number of benzene rings is 2. The highest BCUT2D eigenvalue weighted by Crippen LogP contribution is 2.58. The average molecular weight is 362 g/mol. The largest absolute Gasteiger partial charge is 0.383 e. The van der Waals surface area contributed by atoms with Gasteiger partial charge in [-0.15, -0.1) is 0 Å². The van der Waals surface area contributed by atoms with Gasteiger partial charge in [0, 0.05) is 24.2 Å². The Kier molecular flexibility index (Phi) is 4.10. The highest BCUT2D eigenvalue weighted by Gasteiger charge is 2.65. The van der Waals surface area contributed by atoms with Gasteiger partial charge in [-0.05, 0) is 18.1 Å². The molecule has 0 aromatic heterocycles. The van der Waals surface area contributed by atoms with Crippen LogP contribution in [0.3, 0.4) is 0 Å². The number of nitrogens with zero attached hydrogens (tertiary/aromatic N) is 1. The maximum absolute atomic E-state index is 13.1. The minimum Gasteiger partial charge on any atom is -0.383 e. The van der Waals surface area contributed by atoms with Crippen molar-refractivity contribution in [3.8, 4) is 0 Å². The lowest BCUT2D eigenvalue weighted by Crippen LogP contribution is -2.55. The maximum Gasteiger partial charge on any atom is 0.350 e. The molecule has 1 heterocycles.